The molecule has 7 heteroatoms. The van der Waals surface area contributed by atoms with E-state index < -0.39 is 22.0 Å². The van der Waals surface area contributed by atoms with Crippen LogP contribution in [0.2, 0.25) is 0 Å². The highest BCUT2D eigenvalue weighted by molar-refractivity contribution is 7.91. The number of nitrogens with one attached hydrogen (secondary N) is 1. The highest BCUT2D eigenvalue weighted by Gasteiger charge is 2.19. The van der Waals surface area contributed by atoms with Gasteiger partial charge in [-0.1, -0.05) is 19.1 Å². The van der Waals surface area contributed by atoms with Gasteiger partial charge in [-0.25, -0.2) is 8.42 Å². The fourth-order valence-corrected chi connectivity index (χ4v) is 3.04. The molecule has 0 unspecified atom stereocenters. The summed E-state index contributed by atoms with van der Waals surface area (Å²) < 4.78 is 33.7. The lowest BCUT2D eigenvalue weighted by atomic mass is 10.2. The van der Waals surface area contributed by atoms with Crippen molar-refractivity contribution in [2.24, 2.45) is 0 Å². The number of carbonyl (C=O) groups excluding carboxylic acids is 1. The summed E-state index contributed by atoms with van der Waals surface area (Å²) in [6.07, 6.45) is -0.673. The van der Waals surface area contributed by atoms with Crippen LogP contribution in [0.3, 0.4) is 0 Å². The number of carbonyl (C=O) groups is 1. The van der Waals surface area contributed by atoms with Crippen molar-refractivity contribution in [3.63, 3.8) is 0 Å². The van der Waals surface area contributed by atoms with Gasteiger partial charge in [-0.05, 0) is 31.5 Å². The molecule has 0 aliphatic carbocycles. The first-order valence-corrected chi connectivity index (χ1v) is 9.35. The third kappa shape index (κ3) is 7.00. The van der Waals surface area contributed by atoms with Crippen LogP contribution in [0, 0.1) is 0 Å². The highest BCUT2D eigenvalue weighted by Crippen LogP contribution is 2.13. The number of methoxy groups -OCH3 is 1. The first kappa shape index (κ1) is 19.4. The van der Waals surface area contributed by atoms with Gasteiger partial charge in [0.2, 0.25) is 5.91 Å². The van der Waals surface area contributed by atoms with Crippen LogP contribution < -0.4 is 10.1 Å². The predicted octanol–water partition coefficient (Wildman–Crippen LogP) is 1.54. The summed E-state index contributed by atoms with van der Waals surface area (Å²) in [7, 11) is -1.54. The maximum Gasteiger partial charge on any atom is 0.249 e. The topological polar surface area (TPSA) is 81.7 Å². The molecule has 0 aliphatic heterocycles. The smallest absolute Gasteiger partial charge is 0.249 e. The molecule has 1 aromatic rings. The molecule has 0 spiro atoms. The molecule has 0 heterocycles. The minimum Gasteiger partial charge on any atom is -0.497 e. The van der Waals surface area contributed by atoms with Gasteiger partial charge in [-0.3, -0.25) is 4.79 Å². The number of amides is 1. The second kappa shape index (κ2) is 8.88. The lowest BCUT2D eigenvalue weighted by Crippen LogP contribution is -2.43. The minimum absolute atomic E-state index is 0.0646. The van der Waals surface area contributed by atoms with E-state index in [1.807, 2.05) is 24.3 Å². The van der Waals surface area contributed by atoms with Crippen molar-refractivity contribution >= 4 is 15.7 Å². The fraction of sp³-hybridized carbons (Fsp3) is 0.562. The second-order valence-electron chi connectivity index (χ2n) is 5.41. The average molecular weight is 343 g/mol. The average Bonchev–Trinajstić information content (AvgIpc) is 2.52. The Hall–Kier alpha value is -1.60. The second-order valence-corrected chi connectivity index (χ2v) is 7.81. The van der Waals surface area contributed by atoms with Gasteiger partial charge in [0.15, 0.2) is 9.84 Å². The summed E-state index contributed by atoms with van der Waals surface area (Å²) in [4.78, 5) is 12.0. The molecule has 1 N–H and O–H groups in total. The molecule has 0 saturated carbocycles. The number of ether oxygens (including phenoxy) is 2. The quantitative estimate of drug-likeness (QED) is 0.735. The first-order valence-electron chi connectivity index (χ1n) is 7.52. The van der Waals surface area contributed by atoms with E-state index in [1.54, 1.807) is 27.9 Å². The molecule has 1 aromatic carbocycles. The lowest BCUT2D eigenvalue weighted by molar-refractivity contribution is -0.132. The Morgan fingerprint density at radius 1 is 1.30 bits per heavy atom. The summed E-state index contributed by atoms with van der Waals surface area (Å²) in [5.74, 6) is 0.390. The number of hydrogen-bond acceptors (Lipinski definition) is 5. The molecule has 23 heavy (non-hydrogen) atoms. The van der Waals surface area contributed by atoms with Crippen LogP contribution >= 0.6 is 0 Å². The first-order chi connectivity index (χ1) is 10.8. The van der Waals surface area contributed by atoms with Crippen molar-refractivity contribution in [1.82, 2.24) is 5.32 Å². The Kier molecular flexibility index (Phi) is 7.51. The molecule has 6 nitrogen and oxygen atoms in total. The molecule has 1 rings (SSSR count). The number of rotatable bonds is 9. The Bertz CT molecular complexity index is 615. The SMILES string of the molecule is CCS(=O)(=O)C[C@@H](C)NC(=O)[C@H](C)OCc1cccc(OC)c1. The molecule has 1 amide bonds. The maximum atomic E-state index is 12.0. The van der Waals surface area contributed by atoms with Crippen molar-refractivity contribution in [2.45, 2.75) is 39.5 Å². The maximum absolute atomic E-state index is 12.0. The molecule has 130 valence electrons. The molecule has 2 atom stereocenters. The number of benzene rings is 1. The Morgan fingerprint density at radius 3 is 2.61 bits per heavy atom. The number of sulfone groups is 1. The molecule has 0 radical (unpaired) electrons. The van der Waals surface area contributed by atoms with Crippen LogP contribution in [0.1, 0.15) is 26.3 Å². The van der Waals surface area contributed by atoms with Gasteiger partial charge in [0.05, 0.1) is 19.5 Å². The third-order valence-corrected chi connectivity index (χ3v) is 5.22. The van der Waals surface area contributed by atoms with Crippen molar-refractivity contribution in [1.29, 1.82) is 0 Å². The van der Waals surface area contributed by atoms with E-state index in [1.165, 1.54) is 0 Å². The molecule has 0 aromatic heterocycles. The molecular formula is C16H25NO5S. The minimum atomic E-state index is -3.12. The zero-order valence-corrected chi connectivity index (χ0v) is 14.9. The van der Waals surface area contributed by atoms with E-state index in [4.69, 9.17) is 9.47 Å². The van der Waals surface area contributed by atoms with E-state index in [-0.39, 0.29) is 24.0 Å². The van der Waals surface area contributed by atoms with Gasteiger partial charge in [-0.15, -0.1) is 0 Å². The van der Waals surface area contributed by atoms with Gasteiger partial charge in [0.25, 0.3) is 0 Å². The largest absolute Gasteiger partial charge is 0.497 e. The van der Waals surface area contributed by atoms with Crippen LogP contribution in [0.25, 0.3) is 0 Å². The predicted molar refractivity (Wildman–Crippen MR) is 89.2 cm³/mol. The standard InChI is InChI=1S/C16H25NO5S/c1-5-23(19,20)11-12(2)17-16(18)13(3)22-10-14-7-6-8-15(9-14)21-4/h6-9,12-13H,5,10-11H2,1-4H3,(H,17,18)/t12-,13+/m1/s1. The monoisotopic (exact) mass is 343 g/mol. The molecular weight excluding hydrogens is 318 g/mol. The fourth-order valence-electron chi connectivity index (χ4n) is 1.96. The molecule has 0 bridgehead atoms. The van der Waals surface area contributed by atoms with Crippen molar-refractivity contribution in [3.05, 3.63) is 29.8 Å². The van der Waals surface area contributed by atoms with E-state index >= 15 is 0 Å². The lowest BCUT2D eigenvalue weighted by Gasteiger charge is -2.18. The van der Waals surface area contributed by atoms with E-state index in [2.05, 4.69) is 5.32 Å². The van der Waals surface area contributed by atoms with E-state index in [0.717, 1.165) is 11.3 Å². The Labute approximate surface area is 138 Å². The third-order valence-electron chi connectivity index (χ3n) is 3.34. The van der Waals surface area contributed by atoms with E-state index in [9.17, 15) is 13.2 Å². The summed E-state index contributed by atoms with van der Waals surface area (Å²) in [6.45, 7) is 5.16. The Morgan fingerprint density at radius 2 is 2.00 bits per heavy atom. The Balaban J connectivity index is 2.47. The van der Waals surface area contributed by atoms with Crippen molar-refractivity contribution in [3.8, 4) is 5.75 Å². The van der Waals surface area contributed by atoms with Crippen LogP contribution in [0.4, 0.5) is 0 Å². The van der Waals surface area contributed by atoms with Crippen LogP contribution in [-0.4, -0.2) is 45.1 Å². The van der Waals surface area contributed by atoms with Crippen molar-refractivity contribution < 1.29 is 22.7 Å². The van der Waals surface area contributed by atoms with Crippen molar-refractivity contribution in [2.75, 3.05) is 18.6 Å². The summed E-state index contributed by atoms with van der Waals surface area (Å²) in [5, 5.41) is 2.66. The van der Waals surface area contributed by atoms with E-state index in [0.29, 0.717) is 0 Å². The summed E-state index contributed by atoms with van der Waals surface area (Å²) in [5.41, 5.74) is 0.894. The van der Waals surface area contributed by atoms with Gasteiger partial charge in [-0.2, -0.15) is 0 Å². The zero-order chi connectivity index (χ0) is 17.5. The normalized spacial score (nSPS) is 14.1. The van der Waals surface area contributed by atoms with Crippen LogP contribution in [-0.2, 0) is 26.0 Å². The molecule has 0 fully saturated rings. The summed E-state index contributed by atoms with van der Waals surface area (Å²) in [6, 6.07) is 6.94. The molecule has 0 aliphatic rings. The van der Waals surface area contributed by atoms with Crippen LogP contribution in [0.15, 0.2) is 24.3 Å². The summed E-state index contributed by atoms with van der Waals surface area (Å²) >= 11 is 0. The van der Waals surface area contributed by atoms with Crippen LogP contribution in [0.5, 0.6) is 5.75 Å². The van der Waals surface area contributed by atoms with Gasteiger partial charge < -0.3 is 14.8 Å². The molecule has 0 saturated heterocycles. The van der Waals surface area contributed by atoms with Gasteiger partial charge >= 0.3 is 0 Å². The van der Waals surface area contributed by atoms with Gasteiger partial charge in [0, 0.05) is 11.8 Å². The number of hydrogen-bond donors (Lipinski definition) is 1. The highest BCUT2D eigenvalue weighted by atomic mass is 32.2. The van der Waals surface area contributed by atoms with Gasteiger partial charge in [0.1, 0.15) is 11.9 Å². The zero-order valence-electron chi connectivity index (χ0n) is 14.0.